The quantitative estimate of drug-likeness (QED) is 0.879. The van der Waals surface area contributed by atoms with E-state index in [1.807, 2.05) is 0 Å². The van der Waals surface area contributed by atoms with E-state index in [1.54, 1.807) is 11.3 Å². The van der Waals surface area contributed by atoms with Crippen molar-refractivity contribution in [1.29, 1.82) is 0 Å². The summed E-state index contributed by atoms with van der Waals surface area (Å²) in [5.41, 5.74) is 3.55. The fourth-order valence-electron chi connectivity index (χ4n) is 2.42. The zero-order valence-electron chi connectivity index (χ0n) is 11.6. The summed E-state index contributed by atoms with van der Waals surface area (Å²) in [5, 5.41) is 10.1. The molecular formula is C15H20BrN3S. The Kier molecular flexibility index (Phi) is 5.57. The molecule has 1 aromatic heterocycles. The Hall–Kier alpha value is -0.910. The average molecular weight is 354 g/mol. The van der Waals surface area contributed by atoms with Crippen molar-refractivity contribution in [3.63, 3.8) is 0 Å². The van der Waals surface area contributed by atoms with Crippen LogP contribution < -0.4 is 10.6 Å². The van der Waals surface area contributed by atoms with Gasteiger partial charge in [-0.05, 0) is 38.9 Å². The van der Waals surface area contributed by atoms with Gasteiger partial charge in [0.15, 0.2) is 5.13 Å². The first-order chi connectivity index (χ1) is 9.31. The van der Waals surface area contributed by atoms with E-state index in [9.17, 15) is 0 Å². The van der Waals surface area contributed by atoms with Gasteiger partial charge in [-0.1, -0.05) is 23.8 Å². The lowest BCUT2D eigenvalue weighted by atomic mass is 10.1. The summed E-state index contributed by atoms with van der Waals surface area (Å²) in [6.45, 7) is 4.33. The molecule has 3 rings (SSSR count). The minimum absolute atomic E-state index is 0. The van der Waals surface area contributed by atoms with E-state index >= 15 is 0 Å². The molecule has 0 spiro atoms. The lowest BCUT2D eigenvalue weighted by molar-refractivity contribution is 0.479. The van der Waals surface area contributed by atoms with E-state index in [-0.39, 0.29) is 17.0 Å². The maximum Gasteiger partial charge on any atom is 0.183 e. The number of hydrogen-bond acceptors (Lipinski definition) is 4. The first kappa shape index (κ1) is 15.5. The fraction of sp³-hybridized carbons (Fsp3) is 0.400. The van der Waals surface area contributed by atoms with Gasteiger partial charge in [-0.2, -0.15) is 0 Å². The first-order valence-electron chi connectivity index (χ1n) is 6.81. The molecule has 1 aromatic carbocycles. The largest absolute Gasteiger partial charge is 0.359 e. The van der Waals surface area contributed by atoms with Crippen molar-refractivity contribution in [3.05, 3.63) is 35.2 Å². The number of nitrogens with one attached hydrogen (secondary N) is 2. The molecule has 0 amide bonds. The van der Waals surface area contributed by atoms with E-state index < -0.39 is 0 Å². The number of nitrogens with zero attached hydrogens (tertiary/aromatic N) is 1. The number of benzene rings is 1. The average Bonchev–Trinajstić information content (AvgIpc) is 2.88. The third-order valence-electron chi connectivity index (χ3n) is 3.48. The van der Waals surface area contributed by atoms with Crippen LogP contribution in [0.2, 0.25) is 0 Å². The molecule has 1 aliphatic heterocycles. The Morgan fingerprint density at radius 2 is 2.10 bits per heavy atom. The van der Waals surface area contributed by atoms with Crippen LogP contribution in [0.4, 0.5) is 5.13 Å². The zero-order chi connectivity index (χ0) is 13.1. The summed E-state index contributed by atoms with van der Waals surface area (Å²) in [6.07, 6.45) is 2.36. The van der Waals surface area contributed by atoms with Crippen molar-refractivity contribution in [2.24, 2.45) is 0 Å². The van der Waals surface area contributed by atoms with E-state index in [0.717, 1.165) is 23.9 Å². The van der Waals surface area contributed by atoms with Gasteiger partial charge in [0.25, 0.3) is 0 Å². The molecule has 0 saturated carbocycles. The maximum atomic E-state index is 4.70. The molecule has 2 aromatic rings. The van der Waals surface area contributed by atoms with Crippen molar-refractivity contribution >= 4 is 33.4 Å². The van der Waals surface area contributed by atoms with E-state index in [2.05, 4.69) is 47.2 Å². The van der Waals surface area contributed by atoms with Gasteiger partial charge in [0.1, 0.15) is 0 Å². The van der Waals surface area contributed by atoms with Gasteiger partial charge in [-0.25, -0.2) is 4.98 Å². The number of thiazole rings is 1. The molecule has 0 bridgehead atoms. The molecule has 1 saturated heterocycles. The topological polar surface area (TPSA) is 37.0 Å². The molecule has 108 valence electrons. The minimum atomic E-state index is 0. The van der Waals surface area contributed by atoms with Gasteiger partial charge in [0.05, 0.1) is 5.69 Å². The van der Waals surface area contributed by atoms with Crippen LogP contribution in [-0.2, 0) is 0 Å². The van der Waals surface area contributed by atoms with E-state index in [0.29, 0.717) is 6.04 Å². The van der Waals surface area contributed by atoms with Crippen LogP contribution in [0.1, 0.15) is 18.4 Å². The van der Waals surface area contributed by atoms with Crippen molar-refractivity contribution in [3.8, 4) is 11.3 Å². The molecule has 0 atom stereocenters. The van der Waals surface area contributed by atoms with Gasteiger partial charge < -0.3 is 10.6 Å². The van der Waals surface area contributed by atoms with Crippen LogP contribution in [0.15, 0.2) is 29.6 Å². The molecule has 2 heterocycles. The van der Waals surface area contributed by atoms with Crippen LogP contribution >= 0.6 is 28.3 Å². The lowest BCUT2D eigenvalue weighted by Gasteiger charge is -2.23. The molecule has 0 radical (unpaired) electrons. The second-order valence-corrected chi connectivity index (χ2v) is 5.93. The van der Waals surface area contributed by atoms with Gasteiger partial charge in [-0.15, -0.1) is 28.3 Å². The standard InChI is InChI=1S/C15H19N3S.BrH/c1-11-3-2-4-12(9-11)14-10-19-15(18-14)17-13-5-7-16-8-6-13;/h2-4,9-10,13,16H,5-8H2,1H3,(H,17,18);1H. The number of aryl methyl sites for hydroxylation is 1. The SMILES string of the molecule is Br.Cc1cccc(-c2csc(NC3CCNCC3)n2)c1. The Morgan fingerprint density at radius 1 is 1.30 bits per heavy atom. The smallest absolute Gasteiger partial charge is 0.183 e. The molecule has 1 aliphatic rings. The summed E-state index contributed by atoms with van der Waals surface area (Å²) in [4.78, 5) is 4.70. The van der Waals surface area contributed by atoms with E-state index in [4.69, 9.17) is 4.98 Å². The third-order valence-corrected chi connectivity index (χ3v) is 4.26. The van der Waals surface area contributed by atoms with Crippen molar-refractivity contribution < 1.29 is 0 Å². The molecule has 2 N–H and O–H groups in total. The molecule has 1 fully saturated rings. The van der Waals surface area contributed by atoms with Crippen LogP contribution in [0.25, 0.3) is 11.3 Å². The van der Waals surface area contributed by atoms with Crippen LogP contribution in [0.5, 0.6) is 0 Å². The highest BCUT2D eigenvalue weighted by Gasteiger charge is 2.14. The van der Waals surface area contributed by atoms with Gasteiger partial charge in [-0.3, -0.25) is 0 Å². The maximum absolute atomic E-state index is 4.70. The lowest BCUT2D eigenvalue weighted by Crippen LogP contribution is -2.35. The highest BCUT2D eigenvalue weighted by atomic mass is 79.9. The highest BCUT2D eigenvalue weighted by molar-refractivity contribution is 8.93. The molecule has 20 heavy (non-hydrogen) atoms. The predicted molar refractivity (Wildman–Crippen MR) is 92.1 cm³/mol. The summed E-state index contributed by atoms with van der Waals surface area (Å²) in [7, 11) is 0. The number of piperidine rings is 1. The molecule has 0 aliphatic carbocycles. The number of aromatic nitrogens is 1. The monoisotopic (exact) mass is 353 g/mol. The number of rotatable bonds is 3. The molecule has 0 unspecified atom stereocenters. The normalized spacial score (nSPS) is 15.7. The molecule has 5 heteroatoms. The predicted octanol–water partition coefficient (Wildman–Crippen LogP) is 3.86. The number of hydrogen-bond donors (Lipinski definition) is 2. The molecular weight excluding hydrogens is 334 g/mol. The van der Waals surface area contributed by atoms with Crippen LogP contribution in [0, 0.1) is 6.92 Å². The Morgan fingerprint density at radius 3 is 2.85 bits per heavy atom. The van der Waals surface area contributed by atoms with Crippen molar-refractivity contribution in [2.45, 2.75) is 25.8 Å². The highest BCUT2D eigenvalue weighted by Crippen LogP contribution is 2.26. The first-order valence-corrected chi connectivity index (χ1v) is 7.69. The second-order valence-electron chi connectivity index (χ2n) is 5.08. The number of halogens is 1. The van der Waals surface area contributed by atoms with Crippen LogP contribution in [0.3, 0.4) is 0 Å². The summed E-state index contributed by atoms with van der Waals surface area (Å²) in [5.74, 6) is 0. The number of anilines is 1. The van der Waals surface area contributed by atoms with Gasteiger partial charge >= 0.3 is 0 Å². The van der Waals surface area contributed by atoms with Gasteiger partial charge in [0, 0.05) is 17.0 Å². The van der Waals surface area contributed by atoms with E-state index in [1.165, 1.54) is 24.0 Å². The van der Waals surface area contributed by atoms with Crippen LogP contribution in [-0.4, -0.2) is 24.1 Å². The Labute approximate surface area is 134 Å². The second kappa shape index (κ2) is 7.20. The summed E-state index contributed by atoms with van der Waals surface area (Å²) >= 11 is 1.70. The Balaban J connectivity index is 0.00000147. The third kappa shape index (κ3) is 3.81. The molecule has 3 nitrogen and oxygen atoms in total. The van der Waals surface area contributed by atoms with Crippen molar-refractivity contribution in [1.82, 2.24) is 10.3 Å². The zero-order valence-corrected chi connectivity index (χ0v) is 14.1. The summed E-state index contributed by atoms with van der Waals surface area (Å²) < 4.78 is 0. The van der Waals surface area contributed by atoms with Crippen molar-refractivity contribution in [2.75, 3.05) is 18.4 Å². The summed E-state index contributed by atoms with van der Waals surface area (Å²) in [6, 6.07) is 9.08. The van der Waals surface area contributed by atoms with Gasteiger partial charge in [0.2, 0.25) is 0 Å². The minimum Gasteiger partial charge on any atom is -0.359 e. The fourth-order valence-corrected chi connectivity index (χ4v) is 3.22. The Bertz CT molecular complexity index is 550.